The molecule has 0 fully saturated rings. The monoisotopic (exact) mass is 380 g/mol. The van der Waals surface area contributed by atoms with Crippen molar-refractivity contribution in [3.8, 4) is 5.75 Å². The molecule has 0 N–H and O–H groups in total. The van der Waals surface area contributed by atoms with Gasteiger partial charge in [-0.2, -0.15) is 17.2 Å². The fraction of sp³-hybridized carbons (Fsp3) is 0.250. The van der Waals surface area contributed by atoms with E-state index in [9.17, 15) is 30.4 Å². The summed E-state index contributed by atoms with van der Waals surface area (Å²) in [6, 6.07) is 5.13. The Kier molecular flexibility index (Phi) is 4.82. The van der Waals surface area contributed by atoms with E-state index in [2.05, 4.69) is 4.18 Å². The summed E-state index contributed by atoms with van der Waals surface area (Å²) in [6.07, 6.45) is 0. The summed E-state index contributed by atoms with van der Waals surface area (Å²) in [6.45, 7) is 5.63. The molecular formula is C16H13F5O3S. The van der Waals surface area contributed by atoms with Gasteiger partial charge in [-0.1, -0.05) is 32.9 Å². The molecule has 0 unspecified atom stereocenters. The molecule has 9 heteroatoms. The van der Waals surface area contributed by atoms with Crippen LogP contribution in [0, 0.1) is 29.1 Å². The minimum absolute atomic E-state index is 0.287. The van der Waals surface area contributed by atoms with Gasteiger partial charge in [0.25, 0.3) is 0 Å². The fourth-order valence-corrected chi connectivity index (χ4v) is 2.87. The van der Waals surface area contributed by atoms with E-state index in [1.54, 1.807) is 0 Å². The van der Waals surface area contributed by atoms with Crippen molar-refractivity contribution < 1.29 is 34.6 Å². The summed E-state index contributed by atoms with van der Waals surface area (Å²) >= 11 is 0. The van der Waals surface area contributed by atoms with Gasteiger partial charge in [0, 0.05) is 0 Å². The predicted molar refractivity (Wildman–Crippen MR) is 79.2 cm³/mol. The summed E-state index contributed by atoms with van der Waals surface area (Å²) in [7, 11) is -4.80. The first-order chi connectivity index (χ1) is 11.4. The van der Waals surface area contributed by atoms with Crippen molar-refractivity contribution in [2.24, 2.45) is 0 Å². The summed E-state index contributed by atoms with van der Waals surface area (Å²) < 4.78 is 94.7. The second-order valence-electron chi connectivity index (χ2n) is 6.21. The van der Waals surface area contributed by atoms with Crippen LogP contribution >= 0.6 is 0 Å². The molecule has 0 bridgehead atoms. The standard InChI is InChI=1S/C16H13F5O3S/c1-16(2,3)8-4-6-9(7-5-8)25(22,23)24-15-13(20)11(18)10(17)12(19)14(15)21/h4-7H,1-3H3. The van der Waals surface area contributed by atoms with E-state index in [1.807, 2.05) is 20.8 Å². The maximum Gasteiger partial charge on any atom is 0.339 e. The molecule has 25 heavy (non-hydrogen) atoms. The maximum absolute atomic E-state index is 13.6. The number of hydrogen-bond acceptors (Lipinski definition) is 3. The topological polar surface area (TPSA) is 43.4 Å². The minimum atomic E-state index is -4.80. The highest BCUT2D eigenvalue weighted by Gasteiger charge is 2.31. The Labute approximate surface area is 141 Å². The lowest BCUT2D eigenvalue weighted by molar-refractivity contribution is 0.346. The Morgan fingerprint density at radius 1 is 0.760 bits per heavy atom. The molecule has 136 valence electrons. The molecule has 0 heterocycles. The Hall–Kier alpha value is -2.16. The zero-order chi connectivity index (χ0) is 19.2. The third-order valence-corrected chi connectivity index (χ3v) is 4.61. The van der Waals surface area contributed by atoms with Crippen molar-refractivity contribution in [1.82, 2.24) is 0 Å². The molecule has 0 aliphatic carbocycles. The van der Waals surface area contributed by atoms with E-state index in [0.717, 1.165) is 17.7 Å². The summed E-state index contributed by atoms with van der Waals surface area (Å²) in [5.74, 6) is -13.6. The maximum atomic E-state index is 13.6. The van der Waals surface area contributed by atoms with Crippen molar-refractivity contribution in [2.45, 2.75) is 31.1 Å². The molecule has 0 aromatic heterocycles. The Bertz CT molecular complexity index is 887. The van der Waals surface area contributed by atoms with Crippen LogP contribution in [0.3, 0.4) is 0 Å². The third kappa shape index (κ3) is 3.60. The molecule has 0 amide bonds. The number of rotatable bonds is 3. The quantitative estimate of drug-likeness (QED) is 0.342. The van der Waals surface area contributed by atoms with Gasteiger partial charge >= 0.3 is 10.1 Å². The molecule has 2 rings (SSSR count). The van der Waals surface area contributed by atoms with Gasteiger partial charge in [-0.25, -0.2) is 13.2 Å². The Morgan fingerprint density at radius 2 is 1.16 bits per heavy atom. The molecule has 0 saturated carbocycles. The van der Waals surface area contributed by atoms with Crippen molar-refractivity contribution in [3.05, 3.63) is 58.9 Å². The normalized spacial score (nSPS) is 12.3. The summed E-state index contributed by atoms with van der Waals surface area (Å²) in [4.78, 5) is -0.496. The highest BCUT2D eigenvalue weighted by molar-refractivity contribution is 7.87. The van der Waals surface area contributed by atoms with E-state index < -0.39 is 49.8 Å². The number of benzene rings is 2. The van der Waals surface area contributed by atoms with Crippen molar-refractivity contribution in [2.75, 3.05) is 0 Å². The van der Waals surface area contributed by atoms with Crippen LogP contribution in [0.25, 0.3) is 0 Å². The average Bonchev–Trinajstić information content (AvgIpc) is 2.54. The van der Waals surface area contributed by atoms with Crippen LogP contribution in [0.5, 0.6) is 5.75 Å². The van der Waals surface area contributed by atoms with E-state index in [4.69, 9.17) is 0 Å². The summed E-state index contributed by atoms with van der Waals surface area (Å²) in [5, 5.41) is 0. The molecule has 0 spiro atoms. The van der Waals surface area contributed by atoms with Gasteiger partial charge < -0.3 is 4.18 Å². The number of hydrogen-bond donors (Lipinski definition) is 0. The first-order valence-corrected chi connectivity index (χ1v) is 8.33. The van der Waals surface area contributed by atoms with Crippen LogP contribution in [0.4, 0.5) is 22.0 Å². The molecule has 2 aromatic carbocycles. The van der Waals surface area contributed by atoms with Crippen LogP contribution in [0.2, 0.25) is 0 Å². The van der Waals surface area contributed by atoms with Gasteiger partial charge in [-0.05, 0) is 23.1 Å². The second-order valence-corrected chi connectivity index (χ2v) is 7.76. The van der Waals surface area contributed by atoms with Crippen LogP contribution in [0.1, 0.15) is 26.3 Å². The Morgan fingerprint density at radius 3 is 1.56 bits per heavy atom. The first kappa shape index (κ1) is 19.2. The second kappa shape index (κ2) is 6.29. The smallest absolute Gasteiger partial charge is 0.339 e. The third-order valence-electron chi connectivity index (χ3n) is 3.37. The van der Waals surface area contributed by atoms with Gasteiger partial charge in [-0.15, -0.1) is 0 Å². The lowest BCUT2D eigenvalue weighted by Crippen LogP contribution is -2.15. The molecular weight excluding hydrogens is 367 g/mol. The Balaban J connectivity index is 2.47. The molecule has 0 aliphatic heterocycles. The molecule has 3 nitrogen and oxygen atoms in total. The number of halogens is 5. The SMILES string of the molecule is CC(C)(C)c1ccc(S(=O)(=O)Oc2c(F)c(F)c(F)c(F)c2F)cc1. The van der Waals surface area contributed by atoms with E-state index >= 15 is 0 Å². The van der Waals surface area contributed by atoms with Crippen LogP contribution in [-0.2, 0) is 15.5 Å². The molecule has 0 atom stereocenters. The zero-order valence-electron chi connectivity index (χ0n) is 13.3. The van der Waals surface area contributed by atoms with Crippen molar-refractivity contribution >= 4 is 10.1 Å². The van der Waals surface area contributed by atoms with Crippen molar-refractivity contribution in [3.63, 3.8) is 0 Å². The molecule has 2 aromatic rings. The molecule has 0 saturated heterocycles. The van der Waals surface area contributed by atoms with Crippen LogP contribution < -0.4 is 4.18 Å². The van der Waals surface area contributed by atoms with Crippen LogP contribution in [0.15, 0.2) is 29.2 Å². The lowest BCUT2D eigenvalue weighted by atomic mass is 9.87. The van der Waals surface area contributed by atoms with Crippen molar-refractivity contribution in [1.29, 1.82) is 0 Å². The first-order valence-electron chi connectivity index (χ1n) is 6.92. The van der Waals surface area contributed by atoms with Gasteiger partial charge in [0.15, 0.2) is 0 Å². The van der Waals surface area contributed by atoms with E-state index in [0.29, 0.717) is 0 Å². The zero-order valence-corrected chi connectivity index (χ0v) is 14.1. The van der Waals surface area contributed by atoms with E-state index in [1.165, 1.54) is 12.1 Å². The summed E-state index contributed by atoms with van der Waals surface area (Å²) in [5.41, 5.74) is 0.479. The molecule has 0 aliphatic rings. The van der Waals surface area contributed by atoms with Gasteiger partial charge in [0.05, 0.1) is 0 Å². The lowest BCUT2D eigenvalue weighted by Gasteiger charge is -2.19. The highest BCUT2D eigenvalue weighted by atomic mass is 32.2. The van der Waals surface area contributed by atoms with E-state index in [-0.39, 0.29) is 5.41 Å². The minimum Gasteiger partial charge on any atom is -0.372 e. The van der Waals surface area contributed by atoms with Crippen LogP contribution in [-0.4, -0.2) is 8.42 Å². The van der Waals surface area contributed by atoms with Gasteiger partial charge in [-0.3, -0.25) is 0 Å². The van der Waals surface area contributed by atoms with Gasteiger partial charge in [0.1, 0.15) is 4.90 Å². The fourth-order valence-electron chi connectivity index (χ4n) is 1.94. The van der Waals surface area contributed by atoms with Gasteiger partial charge in [0.2, 0.25) is 34.8 Å². The molecule has 0 radical (unpaired) electrons. The predicted octanol–water partition coefficient (Wildman–Crippen LogP) is 4.45. The largest absolute Gasteiger partial charge is 0.372 e. The average molecular weight is 380 g/mol. The highest BCUT2D eigenvalue weighted by Crippen LogP contribution is 2.32.